The van der Waals surface area contributed by atoms with Gasteiger partial charge in [-0.15, -0.1) is 0 Å². The molecule has 16 heavy (non-hydrogen) atoms. The van der Waals surface area contributed by atoms with Crippen LogP contribution in [0.2, 0.25) is 0 Å². The van der Waals surface area contributed by atoms with Crippen LogP contribution >= 0.6 is 8.25 Å². The summed E-state index contributed by atoms with van der Waals surface area (Å²) in [5, 5.41) is 0. The molecule has 0 aliphatic carbocycles. The average Bonchev–Trinajstić information content (AvgIpc) is 1.97. The standard InChI is InChI=1S/C10H25N2O3P/c1-7(2)5-9(11)14-16(13)15-10(12)6-8(3)4/h7-10,16H,5-6,11-12H2,1-4H3. The predicted molar refractivity (Wildman–Crippen MR) is 66.0 cm³/mol. The molecule has 0 fully saturated rings. The molecule has 0 spiro atoms. The Labute approximate surface area is 98.8 Å². The minimum absolute atomic E-state index is 0.397. The van der Waals surface area contributed by atoms with E-state index in [2.05, 4.69) is 0 Å². The number of hydrogen-bond donors (Lipinski definition) is 2. The van der Waals surface area contributed by atoms with Gasteiger partial charge in [0.15, 0.2) is 0 Å². The van der Waals surface area contributed by atoms with Gasteiger partial charge >= 0.3 is 8.25 Å². The summed E-state index contributed by atoms with van der Waals surface area (Å²) < 4.78 is 21.5. The number of rotatable bonds is 8. The molecule has 5 nitrogen and oxygen atoms in total. The minimum atomic E-state index is -2.58. The maximum Gasteiger partial charge on any atom is 0.322 e. The van der Waals surface area contributed by atoms with Crippen LogP contribution in [0.4, 0.5) is 0 Å². The van der Waals surface area contributed by atoms with Crippen LogP contribution in [0, 0.1) is 11.8 Å². The fourth-order valence-electron chi connectivity index (χ4n) is 1.30. The zero-order chi connectivity index (χ0) is 12.7. The number of hydrogen-bond acceptors (Lipinski definition) is 5. The first-order valence-electron chi connectivity index (χ1n) is 5.69. The summed E-state index contributed by atoms with van der Waals surface area (Å²) in [4.78, 5) is 0. The molecule has 0 aromatic carbocycles. The predicted octanol–water partition coefficient (Wildman–Crippen LogP) is 2.07. The lowest BCUT2D eigenvalue weighted by Crippen LogP contribution is -2.26. The Kier molecular flexibility index (Phi) is 8.24. The lowest BCUT2D eigenvalue weighted by molar-refractivity contribution is 0.114. The van der Waals surface area contributed by atoms with Gasteiger partial charge in [-0.2, -0.15) is 0 Å². The molecule has 0 aliphatic heterocycles. The van der Waals surface area contributed by atoms with E-state index in [-0.39, 0.29) is 0 Å². The third-order valence-electron chi connectivity index (χ3n) is 1.90. The van der Waals surface area contributed by atoms with Crippen LogP contribution in [0.3, 0.4) is 0 Å². The summed E-state index contributed by atoms with van der Waals surface area (Å²) >= 11 is 0. The van der Waals surface area contributed by atoms with Crippen molar-refractivity contribution in [2.24, 2.45) is 23.3 Å². The molecule has 0 amide bonds. The van der Waals surface area contributed by atoms with Crippen LogP contribution in [-0.2, 0) is 13.6 Å². The van der Waals surface area contributed by atoms with Crippen LogP contribution in [0.25, 0.3) is 0 Å². The van der Waals surface area contributed by atoms with E-state index in [1.807, 2.05) is 27.7 Å². The van der Waals surface area contributed by atoms with E-state index in [1.54, 1.807) is 0 Å². The van der Waals surface area contributed by atoms with Crippen molar-refractivity contribution in [3.8, 4) is 0 Å². The molecule has 2 atom stereocenters. The molecule has 0 rings (SSSR count). The average molecular weight is 252 g/mol. The maximum atomic E-state index is 11.4. The first-order valence-corrected chi connectivity index (χ1v) is 6.92. The van der Waals surface area contributed by atoms with Crippen molar-refractivity contribution >= 4 is 8.25 Å². The zero-order valence-corrected chi connectivity index (χ0v) is 11.6. The Hall–Kier alpha value is 0.0700. The molecule has 0 aromatic heterocycles. The lowest BCUT2D eigenvalue weighted by atomic mass is 10.1. The van der Waals surface area contributed by atoms with Crippen LogP contribution in [0.15, 0.2) is 0 Å². The van der Waals surface area contributed by atoms with E-state index in [0.717, 1.165) is 0 Å². The normalized spacial score (nSPS) is 17.8. The largest absolute Gasteiger partial charge is 0.322 e. The molecule has 98 valence electrons. The molecule has 0 bridgehead atoms. The second-order valence-corrected chi connectivity index (χ2v) is 5.79. The first kappa shape index (κ1) is 16.1. The summed E-state index contributed by atoms with van der Waals surface area (Å²) in [5.41, 5.74) is 11.3. The van der Waals surface area contributed by atoms with Crippen molar-refractivity contribution in [2.75, 3.05) is 0 Å². The topological polar surface area (TPSA) is 87.6 Å². The minimum Gasteiger partial charge on any atom is -0.306 e. The van der Waals surface area contributed by atoms with E-state index in [4.69, 9.17) is 20.5 Å². The van der Waals surface area contributed by atoms with Crippen LogP contribution in [-0.4, -0.2) is 12.5 Å². The fourth-order valence-corrected chi connectivity index (χ4v) is 2.04. The molecule has 4 N–H and O–H groups in total. The quantitative estimate of drug-likeness (QED) is 0.510. The summed E-state index contributed by atoms with van der Waals surface area (Å²) in [6.45, 7) is 8.08. The van der Waals surface area contributed by atoms with Gasteiger partial charge in [0.05, 0.1) is 0 Å². The molecule has 2 unspecified atom stereocenters. The molecule has 0 aromatic rings. The van der Waals surface area contributed by atoms with Crippen LogP contribution < -0.4 is 11.5 Å². The Morgan fingerprint density at radius 2 is 1.25 bits per heavy atom. The van der Waals surface area contributed by atoms with Gasteiger partial charge in [0.1, 0.15) is 12.5 Å². The summed E-state index contributed by atoms with van der Waals surface area (Å²) in [6.07, 6.45) is 0.216. The molecular formula is C10H25N2O3P. The van der Waals surface area contributed by atoms with E-state index in [9.17, 15) is 4.57 Å². The lowest BCUT2D eigenvalue weighted by Gasteiger charge is -2.18. The van der Waals surface area contributed by atoms with E-state index in [1.165, 1.54) is 0 Å². The van der Waals surface area contributed by atoms with Crippen LogP contribution in [0.1, 0.15) is 40.5 Å². The molecule has 0 saturated carbocycles. The van der Waals surface area contributed by atoms with Gasteiger partial charge in [-0.25, -0.2) is 0 Å². The van der Waals surface area contributed by atoms with Crippen molar-refractivity contribution < 1.29 is 13.6 Å². The second kappa shape index (κ2) is 8.20. The summed E-state index contributed by atoms with van der Waals surface area (Å²) in [5.74, 6) is 0.795. The second-order valence-electron chi connectivity index (χ2n) is 4.82. The molecule has 0 aliphatic rings. The third kappa shape index (κ3) is 9.31. The van der Waals surface area contributed by atoms with E-state index in [0.29, 0.717) is 24.7 Å². The molecule has 0 saturated heterocycles. The highest BCUT2D eigenvalue weighted by Crippen LogP contribution is 2.28. The Balaban J connectivity index is 3.80. The van der Waals surface area contributed by atoms with Gasteiger partial charge in [-0.1, -0.05) is 27.7 Å². The van der Waals surface area contributed by atoms with Crippen molar-refractivity contribution in [3.63, 3.8) is 0 Å². The first-order chi connectivity index (χ1) is 7.31. The van der Waals surface area contributed by atoms with Gasteiger partial charge in [0.25, 0.3) is 0 Å². The highest BCUT2D eigenvalue weighted by atomic mass is 31.1. The highest BCUT2D eigenvalue weighted by Gasteiger charge is 2.14. The van der Waals surface area contributed by atoms with Gasteiger partial charge in [0.2, 0.25) is 0 Å². The Morgan fingerprint density at radius 1 is 0.938 bits per heavy atom. The van der Waals surface area contributed by atoms with Crippen molar-refractivity contribution in [3.05, 3.63) is 0 Å². The molecule has 0 heterocycles. The van der Waals surface area contributed by atoms with Crippen molar-refractivity contribution in [1.82, 2.24) is 0 Å². The SMILES string of the molecule is CC(C)CC(N)O[PH](=O)OC(N)CC(C)C. The van der Waals surface area contributed by atoms with Crippen molar-refractivity contribution in [1.29, 1.82) is 0 Å². The monoisotopic (exact) mass is 252 g/mol. The van der Waals surface area contributed by atoms with Gasteiger partial charge < -0.3 is 11.5 Å². The van der Waals surface area contributed by atoms with Gasteiger partial charge in [0, 0.05) is 0 Å². The van der Waals surface area contributed by atoms with E-state index < -0.39 is 20.7 Å². The number of nitrogens with two attached hydrogens (primary N) is 2. The third-order valence-corrected chi connectivity index (χ3v) is 2.89. The van der Waals surface area contributed by atoms with Crippen molar-refractivity contribution in [2.45, 2.75) is 53.0 Å². The van der Waals surface area contributed by atoms with E-state index >= 15 is 0 Å². The smallest absolute Gasteiger partial charge is 0.306 e. The Bertz CT molecular complexity index is 192. The molecular weight excluding hydrogens is 227 g/mol. The van der Waals surface area contributed by atoms with Gasteiger partial charge in [-0.3, -0.25) is 13.6 Å². The zero-order valence-electron chi connectivity index (χ0n) is 10.6. The summed E-state index contributed by atoms with van der Waals surface area (Å²) in [7, 11) is -2.58. The molecule has 6 heteroatoms. The highest BCUT2D eigenvalue weighted by molar-refractivity contribution is 7.33. The Morgan fingerprint density at radius 3 is 1.50 bits per heavy atom. The fraction of sp³-hybridized carbons (Fsp3) is 1.00. The maximum absolute atomic E-state index is 11.4. The van der Waals surface area contributed by atoms with Crippen LogP contribution in [0.5, 0.6) is 0 Å². The summed E-state index contributed by atoms with van der Waals surface area (Å²) in [6, 6.07) is 0. The van der Waals surface area contributed by atoms with Gasteiger partial charge in [-0.05, 0) is 24.7 Å². The molecule has 0 radical (unpaired) electrons.